The molecule has 3 aliphatic heterocycles. The number of amides is 2. The third kappa shape index (κ3) is 4.61. The van der Waals surface area contributed by atoms with E-state index in [1.54, 1.807) is 9.47 Å². The molecule has 0 saturated carbocycles. The van der Waals surface area contributed by atoms with Crippen molar-refractivity contribution in [1.29, 1.82) is 0 Å². The fourth-order valence-corrected chi connectivity index (χ4v) is 4.86. The topological polar surface area (TPSA) is 83.7 Å². The van der Waals surface area contributed by atoms with E-state index in [2.05, 4.69) is 16.9 Å². The predicted molar refractivity (Wildman–Crippen MR) is 112 cm³/mol. The van der Waals surface area contributed by atoms with Crippen LogP contribution in [0.4, 0.5) is 0 Å². The number of carbonyl (C=O) groups excluding carboxylic acids is 2. The Morgan fingerprint density at radius 2 is 1.67 bits per heavy atom. The van der Waals surface area contributed by atoms with E-state index < -0.39 is 0 Å². The van der Waals surface area contributed by atoms with Gasteiger partial charge in [0.25, 0.3) is 0 Å². The van der Waals surface area contributed by atoms with Gasteiger partial charge in [-0.2, -0.15) is 5.10 Å². The normalized spacial score (nSPS) is 23.2. The fraction of sp³-hybridized carbons (Fsp3) is 0.810. The van der Waals surface area contributed by atoms with Crippen LogP contribution in [-0.4, -0.2) is 86.2 Å². The number of nitrogens with zero attached hydrogens (tertiary/aromatic N) is 6. The Bertz CT molecular complexity index is 823. The Morgan fingerprint density at radius 3 is 2.43 bits per heavy atom. The predicted octanol–water partition coefficient (Wildman–Crippen LogP) is 0.316. The summed E-state index contributed by atoms with van der Waals surface area (Å²) in [5.41, 5.74) is -0.167. The van der Waals surface area contributed by atoms with Gasteiger partial charge in [0.05, 0.1) is 6.54 Å². The summed E-state index contributed by atoms with van der Waals surface area (Å²) in [7, 11) is 0. The van der Waals surface area contributed by atoms with E-state index in [0.717, 1.165) is 50.9 Å². The van der Waals surface area contributed by atoms with Gasteiger partial charge in [0.1, 0.15) is 12.4 Å². The zero-order valence-corrected chi connectivity index (χ0v) is 18.1. The average Bonchev–Trinajstić information content (AvgIpc) is 2.90. The molecule has 0 N–H and O–H groups in total. The number of rotatable bonds is 4. The van der Waals surface area contributed by atoms with Crippen molar-refractivity contribution < 1.29 is 9.59 Å². The van der Waals surface area contributed by atoms with Crippen LogP contribution in [0.2, 0.25) is 0 Å². The van der Waals surface area contributed by atoms with E-state index in [0.29, 0.717) is 45.3 Å². The molecule has 1 aromatic heterocycles. The van der Waals surface area contributed by atoms with Crippen LogP contribution in [-0.2, 0) is 29.1 Å². The second-order valence-corrected chi connectivity index (χ2v) is 8.91. The van der Waals surface area contributed by atoms with Gasteiger partial charge in [-0.25, -0.2) is 9.48 Å². The zero-order valence-electron chi connectivity index (χ0n) is 18.1. The molecule has 1 atom stereocenters. The zero-order chi connectivity index (χ0) is 21.1. The first kappa shape index (κ1) is 21.1. The largest absolute Gasteiger partial charge is 0.346 e. The first-order valence-corrected chi connectivity index (χ1v) is 11.5. The maximum Gasteiger partial charge on any atom is 0.346 e. The van der Waals surface area contributed by atoms with Gasteiger partial charge in [-0.05, 0) is 39.0 Å². The van der Waals surface area contributed by atoms with Crippen LogP contribution in [0.5, 0.6) is 0 Å². The van der Waals surface area contributed by atoms with Gasteiger partial charge < -0.3 is 9.80 Å². The molecule has 4 rings (SSSR count). The highest BCUT2D eigenvalue weighted by Gasteiger charge is 2.28. The second-order valence-electron chi connectivity index (χ2n) is 8.91. The van der Waals surface area contributed by atoms with E-state index in [-0.39, 0.29) is 24.0 Å². The van der Waals surface area contributed by atoms with Gasteiger partial charge >= 0.3 is 5.69 Å². The van der Waals surface area contributed by atoms with Crippen LogP contribution in [0.1, 0.15) is 51.3 Å². The molecule has 9 nitrogen and oxygen atoms in total. The molecule has 2 saturated heterocycles. The average molecular weight is 419 g/mol. The number of piperazine rings is 1. The van der Waals surface area contributed by atoms with Crippen molar-refractivity contribution in [2.24, 2.45) is 0 Å². The minimum atomic E-state index is -0.167. The molecule has 0 spiro atoms. The van der Waals surface area contributed by atoms with Crippen molar-refractivity contribution in [3.63, 3.8) is 0 Å². The minimum absolute atomic E-state index is 0.00303. The van der Waals surface area contributed by atoms with E-state index in [4.69, 9.17) is 0 Å². The quantitative estimate of drug-likeness (QED) is 0.703. The number of fused-ring (bicyclic) bond motifs is 1. The van der Waals surface area contributed by atoms with Crippen molar-refractivity contribution in [2.45, 2.75) is 71.0 Å². The molecule has 0 aromatic carbocycles. The Labute approximate surface area is 177 Å². The lowest BCUT2D eigenvalue weighted by Gasteiger charge is -2.38. The van der Waals surface area contributed by atoms with E-state index >= 15 is 0 Å². The highest BCUT2D eigenvalue weighted by atomic mass is 16.2. The van der Waals surface area contributed by atoms with E-state index in [1.807, 2.05) is 4.90 Å². The molecular weight excluding hydrogens is 384 g/mol. The van der Waals surface area contributed by atoms with E-state index in [1.165, 1.54) is 11.1 Å². The van der Waals surface area contributed by atoms with Crippen molar-refractivity contribution >= 4 is 11.8 Å². The molecule has 3 aliphatic rings. The Hall–Kier alpha value is -2.16. The number of hydrogen-bond acceptors (Lipinski definition) is 5. The van der Waals surface area contributed by atoms with Crippen molar-refractivity contribution in [2.75, 3.05) is 39.3 Å². The molecule has 2 fully saturated rings. The van der Waals surface area contributed by atoms with Gasteiger partial charge in [-0.3, -0.25) is 19.1 Å². The fourth-order valence-electron chi connectivity index (χ4n) is 4.86. The maximum atomic E-state index is 12.7. The van der Waals surface area contributed by atoms with Crippen LogP contribution in [0.15, 0.2) is 4.79 Å². The summed E-state index contributed by atoms with van der Waals surface area (Å²) in [5.74, 6) is 0.939. The standard InChI is InChI=1S/C21H34N6O3/c1-17-7-4-6-9-25(17)20(29)15-23-11-13-24(14-12-23)19(28)16-27-21(30)26-10-5-2-3-8-18(26)22-27/h17H,2-16H2,1H3. The Balaban J connectivity index is 1.27. The molecule has 2 amide bonds. The van der Waals surface area contributed by atoms with Crippen LogP contribution in [0.3, 0.4) is 0 Å². The number of likely N-dealkylation sites (tertiary alicyclic amines) is 1. The summed E-state index contributed by atoms with van der Waals surface area (Å²) >= 11 is 0. The number of piperidine rings is 1. The SMILES string of the molecule is CC1CCCCN1C(=O)CN1CCN(C(=O)Cn2nc3n(c2=O)CCCCC3)CC1. The van der Waals surface area contributed by atoms with Gasteiger partial charge in [0.2, 0.25) is 11.8 Å². The summed E-state index contributed by atoms with van der Waals surface area (Å²) in [4.78, 5) is 43.9. The highest BCUT2D eigenvalue weighted by Crippen LogP contribution is 2.17. The van der Waals surface area contributed by atoms with Gasteiger partial charge in [-0.15, -0.1) is 0 Å². The lowest BCUT2D eigenvalue weighted by molar-refractivity contribution is -0.137. The number of carbonyl (C=O) groups is 2. The van der Waals surface area contributed by atoms with Crippen molar-refractivity contribution in [3.05, 3.63) is 16.3 Å². The molecule has 0 radical (unpaired) electrons. The number of hydrogen-bond donors (Lipinski definition) is 0. The Morgan fingerprint density at radius 1 is 0.900 bits per heavy atom. The van der Waals surface area contributed by atoms with Crippen LogP contribution in [0.25, 0.3) is 0 Å². The smallest absolute Gasteiger partial charge is 0.339 e. The number of aromatic nitrogens is 3. The molecular formula is C21H34N6O3. The third-order valence-electron chi connectivity index (χ3n) is 6.77. The molecule has 0 aliphatic carbocycles. The van der Waals surface area contributed by atoms with Crippen LogP contribution < -0.4 is 5.69 Å². The first-order chi connectivity index (χ1) is 14.5. The molecule has 4 heterocycles. The molecule has 9 heteroatoms. The maximum absolute atomic E-state index is 12.7. The molecule has 1 unspecified atom stereocenters. The lowest BCUT2D eigenvalue weighted by atomic mass is 10.0. The monoisotopic (exact) mass is 418 g/mol. The lowest BCUT2D eigenvalue weighted by Crippen LogP contribution is -2.53. The third-order valence-corrected chi connectivity index (χ3v) is 6.77. The first-order valence-electron chi connectivity index (χ1n) is 11.5. The summed E-state index contributed by atoms with van der Waals surface area (Å²) in [6.07, 6.45) is 7.34. The van der Waals surface area contributed by atoms with Gasteiger partial charge in [0, 0.05) is 51.7 Å². The number of aryl methyl sites for hydroxylation is 1. The second kappa shape index (κ2) is 9.32. The molecule has 1 aromatic rings. The molecule has 166 valence electrons. The molecule has 30 heavy (non-hydrogen) atoms. The summed E-state index contributed by atoms with van der Waals surface area (Å²) in [6.45, 7) is 6.68. The van der Waals surface area contributed by atoms with Crippen molar-refractivity contribution in [1.82, 2.24) is 29.0 Å². The summed E-state index contributed by atoms with van der Waals surface area (Å²) in [5, 5.41) is 4.42. The van der Waals surface area contributed by atoms with Crippen LogP contribution in [0, 0.1) is 0 Å². The Kier molecular flexibility index (Phi) is 6.55. The minimum Gasteiger partial charge on any atom is -0.339 e. The van der Waals surface area contributed by atoms with Crippen molar-refractivity contribution in [3.8, 4) is 0 Å². The van der Waals surface area contributed by atoms with Gasteiger partial charge in [0.15, 0.2) is 0 Å². The summed E-state index contributed by atoms with van der Waals surface area (Å²) in [6, 6.07) is 0.331. The van der Waals surface area contributed by atoms with Gasteiger partial charge in [-0.1, -0.05) is 6.42 Å². The summed E-state index contributed by atoms with van der Waals surface area (Å²) < 4.78 is 3.06. The molecule has 0 bridgehead atoms. The highest BCUT2D eigenvalue weighted by molar-refractivity contribution is 5.79. The van der Waals surface area contributed by atoms with Crippen LogP contribution >= 0.6 is 0 Å². The van der Waals surface area contributed by atoms with E-state index in [9.17, 15) is 14.4 Å².